The van der Waals surface area contributed by atoms with E-state index >= 15 is 0 Å². The molecule has 3 aromatic rings. The standard InChI is InChI=1S/C24H25Cl2N5O4S/c1-4-31-21(13-27-22(32)8-6-15-5-7-19(34-2)20(9-15)35-3)29-30-24(31)36-14-23(33)28-18-11-16(25)10-17(26)12-18/h5-12H,4,13-14H2,1-3H3,(H,27,32)(H,28,33)/b8-6+. The van der Waals surface area contributed by atoms with Crippen LogP contribution in [0.25, 0.3) is 6.08 Å². The third-order valence-electron chi connectivity index (χ3n) is 4.84. The van der Waals surface area contributed by atoms with Gasteiger partial charge in [0.15, 0.2) is 22.5 Å². The fourth-order valence-electron chi connectivity index (χ4n) is 3.18. The number of nitrogens with one attached hydrogen (secondary N) is 2. The van der Waals surface area contributed by atoms with Crippen LogP contribution in [-0.4, -0.2) is 46.6 Å². The van der Waals surface area contributed by atoms with Gasteiger partial charge >= 0.3 is 0 Å². The van der Waals surface area contributed by atoms with E-state index in [4.69, 9.17) is 32.7 Å². The summed E-state index contributed by atoms with van der Waals surface area (Å²) in [4.78, 5) is 24.7. The van der Waals surface area contributed by atoms with Crippen LogP contribution in [0.4, 0.5) is 5.69 Å². The molecule has 0 spiro atoms. The second kappa shape index (κ2) is 13.2. The van der Waals surface area contributed by atoms with E-state index in [-0.39, 0.29) is 24.1 Å². The fraction of sp³-hybridized carbons (Fsp3) is 0.250. The molecule has 9 nitrogen and oxygen atoms in total. The predicted octanol–water partition coefficient (Wildman–Crippen LogP) is 4.68. The number of hydrogen-bond donors (Lipinski definition) is 2. The number of halogens is 2. The van der Waals surface area contributed by atoms with Crippen LogP contribution in [0, 0.1) is 0 Å². The lowest BCUT2D eigenvalue weighted by Crippen LogP contribution is -2.22. The van der Waals surface area contributed by atoms with Crippen LogP contribution >= 0.6 is 35.0 Å². The van der Waals surface area contributed by atoms with Crippen molar-refractivity contribution in [3.8, 4) is 11.5 Å². The molecule has 0 bridgehead atoms. The Hall–Kier alpha value is -3.21. The number of thioether (sulfide) groups is 1. The zero-order valence-corrected chi connectivity index (χ0v) is 22.2. The first-order chi connectivity index (χ1) is 17.3. The maximum absolute atomic E-state index is 12.3. The average molecular weight is 550 g/mol. The van der Waals surface area contributed by atoms with E-state index in [2.05, 4.69) is 20.8 Å². The summed E-state index contributed by atoms with van der Waals surface area (Å²) in [6.45, 7) is 2.70. The molecule has 0 aliphatic heterocycles. The molecule has 2 aromatic carbocycles. The summed E-state index contributed by atoms with van der Waals surface area (Å²) in [5.74, 6) is 1.35. The van der Waals surface area contributed by atoms with Gasteiger partial charge < -0.3 is 24.7 Å². The second-order valence-electron chi connectivity index (χ2n) is 7.30. The van der Waals surface area contributed by atoms with E-state index in [0.29, 0.717) is 44.8 Å². The van der Waals surface area contributed by atoms with Gasteiger partial charge in [0.2, 0.25) is 11.8 Å². The quantitative estimate of drug-likeness (QED) is 0.264. The number of ether oxygens (including phenoxy) is 2. The fourth-order valence-corrected chi connectivity index (χ4v) is 4.53. The number of methoxy groups -OCH3 is 2. The van der Waals surface area contributed by atoms with Gasteiger partial charge in [-0.2, -0.15) is 0 Å². The Morgan fingerprint density at radius 3 is 2.44 bits per heavy atom. The lowest BCUT2D eigenvalue weighted by molar-refractivity contribution is -0.116. The van der Waals surface area contributed by atoms with E-state index in [9.17, 15) is 9.59 Å². The van der Waals surface area contributed by atoms with Crippen molar-refractivity contribution >= 4 is 58.5 Å². The highest BCUT2D eigenvalue weighted by Crippen LogP contribution is 2.28. The van der Waals surface area contributed by atoms with Crippen molar-refractivity contribution in [3.63, 3.8) is 0 Å². The number of carbonyl (C=O) groups excluding carboxylic acids is 2. The summed E-state index contributed by atoms with van der Waals surface area (Å²) in [6, 6.07) is 10.2. The van der Waals surface area contributed by atoms with Crippen molar-refractivity contribution in [1.82, 2.24) is 20.1 Å². The third-order valence-corrected chi connectivity index (χ3v) is 6.25. The number of aromatic nitrogens is 3. The molecular formula is C24H25Cl2N5O4S. The second-order valence-corrected chi connectivity index (χ2v) is 9.12. The summed E-state index contributed by atoms with van der Waals surface area (Å²) in [5.41, 5.74) is 1.30. The summed E-state index contributed by atoms with van der Waals surface area (Å²) in [5, 5.41) is 15.3. The third kappa shape index (κ3) is 7.64. The first-order valence-corrected chi connectivity index (χ1v) is 12.6. The van der Waals surface area contributed by atoms with Crippen molar-refractivity contribution in [2.75, 3.05) is 25.3 Å². The molecule has 190 valence electrons. The highest BCUT2D eigenvalue weighted by Gasteiger charge is 2.14. The number of rotatable bonds is 11. The van der Waals surface area contributed by atoms with E-state index < -0.39 is 0 Å². The molecule has 0 saturated heterocycles. The van der Waals surface area contributed by atoms with Crippen LogP contribution < -0.4 is 20.1 Å². The largest absolute Gasteiger partial charge is 0.493 e. The number of benzene rings is 2. The van der Waals surface area contributed by atoms with Crippen LogP contribution in [0.1, 0.15) is 18.3 Å². The number of anilines is 1. The van der Waals surface area contributed by atoms with Crippen molar-refractivity contribution in [2.45, 2.75) is 25.2 Å². The molecule has 0 fully saturated rings. The van der Waals surface area contributed by atoms with Crippen molar-refractivity contribution in [1.29, 1.82) is 0 Å². The lowest BCUT2D eigenvalue weighted by atomic mass is 10.2. The molecule has 3 rings (SSSR count). The molecule has 0 atom stereocenters. The molecule has 1 aromatic heterocycles. The van der Waals surface area contributed by atoms with Gasteiger partial charge in [-0.05, 0) is 48.9 Å². The van der Waals surface area contributed by atoms with Crippen LogP contribution in [0.5, 0.6) is 11.5 Å². The number of nitrogens with zero attached hydrogens (tertiary/aromatic N) is 3. The average Bonchev–Trinajstić information content (AvgIpc) is 3.25. The molecule has 1 heterocycles. The van der Waals surface area contributed by atoms with E-state index in [1.54, 1.807) is 50.6 Å². The van der Waals surface area contributed by atoms with Gasteiger partial charge in [0.1, 0.15) is 0 Å². The zero-order valence-electron chi connectivity index (χ0n) is 19.9. The van der Waals surface area contributed by atoms with Crippen molar-refractivity contribution in [3.05, 3.63) is 63.9 Å². The van der Waals surface area contributed by atoms with Gasteiger partial charge in [-0.15, -0.1) is 10.2 Å². The number of carbonyl (C=O) groups is 2. The summed E-state index contributed by atoms with van der Waals surface area (Å²) >= 11 is 13.2. The van der Waals surface area contributed by atoms with Crippen LogP contribution in [0.2, 0.25) is 10.0 Å². The molecule has 0 aliphatic rings. The monoisotopic (exact) mass is 549 g/mol. The molecular weight excluding hydrogens is 525 g/mol. The van der Waals surface area contributed by atoms with Gasteiger partial charge in [-0.3, -0.25) is 9.59 Å². The Bertz CT molecular complexity index is 1250. The molecule has 2 N–H and O–H groups in total. The number of amides is 2. The smallest absolute Gasteiger partial charge is 0.244 e. The Morgan fingerprint density at radius 1 is 1.06 bits per heavy atom. The summed E-state index contributed by atoms with van der Waals surface area (Å²) in [6.07, 6.45) is 3.10. The van der Waals surface area contributed by atoms with E-state index in [1.807, 2.05) is 17.6 Å². The highest BCUT2D eigenvalue weighted by molar-refractivity contribution is 7.99. The van der Waals surface area contributed by atoms with Gasteiger partial charge in [-0.1, -0.05) is 41.0 Å². The normalized spacial score (nSPS) is 10.9. The minimum Gasteiger partial charge on any atom is -0.493 e. The molecule has 0 radical (unpaired) electrons. The van der Waals surface area contributed by atoms with Gasteiger partial charge in [0.05, 0.1) is 26.5 Å². The predicted molar refractivity (Wildman–Crippen MR) is 142 cm³/mol. The maximum atomic E-state index is 12.3. The highest BCUT2D eigenvalue weighted by atomic mass is 35.5. The topological polar surface area (TPSA) is 107 Å². The van der Waals surface area contributed by atoms with Crippen molar-refractivity contribution in [2.24, 2.45) is 0 Å². The first-order valence-electron chi connectivity index (χ1n) is 10.8. The zero-order chi connectivity index (χ0) is 26.1. The SMILES string of the molecule is CCn1c(CNC(=O)/C=C/c2ccc(OC)c(OC)c2)nnc1SCC(=O)Nc1cc(Cl)cc(Cl)c1. The van der Waals surface area contributed by atoms with Gasteiger partial charge in [0, 0.05) is 28.4 Å². The molecule has 36 heavy (non-hydrogen) atoms. The van der Waals surface area contributed by atoms with E-state index in [0.717, 1.165) is 5.56 Å². The van der Waals surface area contributed by atoms with Gasteiger partial charge in [0.25, 0.3) is 0 Å². The van der Waals surface area contributed by atoms with Crippen LogP contribution in [0.15, 0.2) is 47.6 Å². The van der Waals surface area contributed by atoms with Crippen molar-refractivity contribution < 1.29 is 19.1 Å². The lowest BCUT2D eigenvalue weighted by Gasteiger charge is -2.09. The Kier molecular flexibility index (Phi) is 10.0. The summed E-state index contributed by atoms with van der Waals surface area (Å²) in [7, 11) is 3.11. The summed E-state index contributed by atoms with van der Waals surface area (Å²) < 4.78 is 12.3. The Balaban J connectivity index is 1.54. The molecule has 2 amide bonds. The van der Waals surface area contributed by atoms with Crippen LogP contribution in [-0.2, 0) is 22.7 Å². The molecule has 0 aliphatic carbocycles. The Labute approximate surface area is 223 Å². The molecule has 0 unspecified atom stereocenters. The minimum atomic E-state index is -0.288. The first kappa shape index (κ1) is 27.4. The molecule has 0 saturated carbocycles. The minimum absolute atomic E-state index is 0.114. The molecule has 12 heteroatoms. The Morgan fingerprint density at radius 2 is 1.78 bits per heavy atom. The van der Waals surface area contributed by atoms with Gasteiger partial charge in [-0.25, -0.2) is 0 Å². The maximum Gasteiger partial charge on any atom is 0.244 e. The van der Waals surface area contributed by atoms with Crippen LogP contribution in [0.3, 0.4) is 0 Å². The van der Waals surface area contributed by atoms with E-state index in [1.165, 1.54) is 17.8 Å². The number of hydrogen-bond acceptors (Lipinski definition) is 7.